The number of urea groups is 1. The van der Waals surface area contributed by atoms with Crippen LogP contribution in [0.2, 0.25) is 0 Å². The summed E-state index contributed by atoms with van der Waals surface area (Å²) in [5.41, 5.74) is 1.68. The Kier molecular flexibility index (Phi) is 5.41. The summed E-state index contributed by atoms with van der Waals surface area (Å²) in [7, 11) is 0. The van der Waals surface area contributed by atoms with Gasteiger partial charge in [0.2, 0.25) is 0 Å². The molecular weight excluding hydrogens is 319 g/mol. The van der Waals surface area contributed by atoms with Crippen molar-refractivity contribution in [3.63, 3.8) is 0 Å². The Morgan fingerprint density at radius 2 is 1.68 bits per heavy atom. The molecule has 3 rings (SSSR count). The van der Waals surface area contributed by atoms with E-state index in [1.54, 1.807) is 24.5 Å². The van der Waals surface area contributed by atoms with Crippen LogP contribution in [0, 0.1) is 5.82 Å². The Labute approximate surface area is 145 Å². The first-order valence-electron chi connectivity index (χ1n) is 8.03. The van der Waals surface area contributed by atoms with Gasteiger partial charge >= 0.3 is 6.03 Å². The monoisotopic (exact) mass is 338 g/mol. The van der Waals surface area contributed by atoms with Gasteiger partial charge in [0.05, 0.1) is 6.04 Å². The number of benzene rings is 1. The van der Waals surface area contributed by atoms with Gasteiger partial charge in [-0.3, -0.25) is 4.98 Å². The summed E-state index contributed by atoms with van der Waals surface area (Å²) in [5.74, 6) is -0.312. The van der Waals surface area contributed by atoms with Gasteiger partial charge in [0.15, 0.2) is 0 Å². The van der Waals surface area contributed by atoms with Crippen molar-refractivity contribution in [2.75, 3.05) is 6.54 Å². The van der Waals surface area contributed by atoms with Crippen LogP contribution >= 0.6 is 0 Å². The number of hydrogen-bond donors (Lipinski definition) is 2. The first kappa shape index (κ1) is 16.7. The maximum absolute atomic E-state index is 13.2. The Balaban J connectivity index is 1.67. The van der Waals surface area contributed by atoms with Gasteiger partial charge in [-0.25, -0.2) is 9.18 Å². The number of halogens is 1. The fourth-order valence-electron chi connectivity index (χ4n) is 2.57. The number of hydrogen-bond acceptors (Lipinski definition) is 2. The molecule has 3 aromatic rings. The number of amides is 2. The van der Waals surface area contributed by atoms with Gasteiger partial charge in [-0.1, -0.05) is 12.1 Å². The van der Waals surface area contributed by atoms with E-state index in [0.717, 1.165) is 11.1 Å². The Bertz CT molecular complexity index is 788. The Morgan fingerprint density at radius 1 is 1.04 bits per heavy atom. The second-order valence-corrected chi connectivity index (χ2v) is 5.59. The van der Waals surface area contributed by atoms with E-state index >= 15 is 0 Å². The van der Waals surface area contributed by atoms with Crippen molar-refractivity contribution >= 4 is 6.03 Å². The Morgan fingerprint density at radius 3 is 2.36 bits per heavy atom. The highest BCUT2D eigenvalue weighted by Gasteiger charge is 2.16. The molecule has 0 spiro atoms. The van der Waals surface area contributed by atoms with E-state index in [2.05, 4.69) is 15.6 Å². The van der Waals surface area contributed by atoms with Crippen LogP contribution in [0.1, 0.15) is 17.2 Å². The number of rotatable bonds is 6. The van der Waals surface area contributed by atoms with Crippen LogP contribution in [0.5, 0.6) is 0 Å². The molecule has 6 heteroatoms. The zero-order chi connectivity index (χ0) is 17.5. The summed E-state index contributed by atoms with van der Waals surface area (Å²) in [6.07, 6.45) is 7.21. The first-order valence-corrected chi connectivity index (χ1v) is 8.03. The van der Waals surface area contributed by atoms with E-state index in [4.69, 9.17) is 0 Å². The average molecular weight is 338 g/mol. The number of nitrogens with zero attached hydrogens (tertiary/aromatic N) is 2. The van der Waals surface area contributed by atoms with E-state index in [0.29, 0.717) is 13.1 Å². The minimum atomic E-state index is -0.379. The molecule has 0 fully saturated rings. The van der Waals surface area contributed by atoms with E-state index in [9.17, 15) is 9.18 Å². The lowest BCUT2D eigenvalue weighted by molar-refractivity contribution is 0.238. The smallest absolute Gasteiger partial charge is 0.315 e. The molecule has 0 radical (unpaired) electrons. The summed E-state index contributed by atoms with van der Waals surface area (Å²) in [4.78, 5) is 16.3. The highest BCUT2D eigenvalue weighted by atomic mass is 19.1. The van der Waals surface area contributed by atoms with Crippen LogP contribution in [0.15, 0.2) is 73.3 Å². The van der Waals surface area contributed by atoms with Crippen LogP contribution in [0.3, 0.4) is 0 Å². The van der Waals surface area contributed by atoms with Gasteiger partial charge in [0.1, 0.15) is 5.82 Å². The molecule has 0 aliphatic heterocycles. The molecule has 0 saturated heterocycles. The van der Waals surface area contributed by atoms with Gasteiger partial charge in [0.25, 0.3) is 0 Å². The normalized spacial score (nSPS) is 11.7. The lowest BCUT2D eigenvalue weighted by Gasteiger charge is -2.20. The minimum Gasteiger partial charge on any atom is -0.353 e. The van der Waals surface area contributed by atoms with Crippen molar-refractivity contribution in [3.8, 4) is 0 Å². The summed E-state index contributed by atoms with van der Waals surface area (Å²) in [6.45, 7) is 1.20. The minimum absolute atomic E-state index is 0.279. The number of carbonyl (C=O) groups is 1. The van der Waals surface area contributed by atoms with Crippen LogP contribution in [0.25, 0.3) is 0 Å². The highest BCUT2D eigenvalue weighted by molar-refractivity contribution is 5.75. The molecule has 2 amide bonds. The third-order valence-electron chi connectivity index (χ3n) is 3.84. The molecule has 0 saturated carbocycles. The maximum Gasteiger partial charge on any atom is 0.315 e. The van der Waals surface area contributed by atoms with Gasteiger partial charge in [-0.2, -0.15) is 0 Å². The molecule has 0 bridgehead atoms. The topological polar surface area (TPSA) is 59.0 Å². The second kappa shape index (κ2) is 8.10. The van der Waals surface area contributed by atoms with Crippen LogP contribution in [0.4, 0.5) is 9.18 Å². The predicted octanol–water partition coefficient (Wildman–Crippen LogP) is 3.11. The van der Waals surface area contributed by atoms with Gasteiger partial charge in [-0.05, 0) is 47.5 Å². The van der Waals surface area contributed by atoms with Gasteiger partial charge in [0, 0.05) is 37.9 Å². The summed E-state index contributed by atoms with van der Waals surface area (Å²) >= 11 is 0. The molecular formula is C19H19FN4O. The number of nitrogens with one attached hydrogen (secondary N) is 2. The van der Waals surface area contributed by atoms with Crippen molar-refractivity contribution in [2.45, 2.75) is 12.6 Å². The zero-order valence-electron chi connectivity index (χ0n) is 13.6. The molecule has 5 nitrogen and oxygen atoms in total. The molecule has 2 N–H and O–H groups in total. The molecule has 2 heterocycles. The summed E-state index contributed by atoms with van der Waals surface area (Å²) in [5, 5.41) is 5.78. The molecule has 0 aliphatic carbocycles. The van der Waals surface area contributed by atoms with E-state index in [-0.39, 0.29) is 17.9 Å². The number of aromatic nitrogens is 2. The largest absolute Gasteiger partial charge is 0.353 e. The van der Waals surface area contributed by atoms with Crippen molar-refractivity contribution < 1.29 is 9.18 Å². The molecule has 1 aromatic carbocycles. The Hall–Kier alpha value is -3.15. The van der Waals surface area contributed by atoms with E-state index < -0.39 is 0 Å². The lowest BCUT2D eigenvalue weighted by Crippen LogP contribution is -2.39. The first-order chi connectivity index (χ1) is 12.2. The molecule has 25 heavy (non-hydrogen) atoms. The number of pyridine rings is 1. The number of carbonyl (C=O) groups excluding carboxylic acids is 1. The van der Waals surface area contributed by atoms with Gasteiger partial charge < -0.3 is 15.2 Å². The van der Waals surface area contributed by atoms with Gasteiger partial charge in [-0.15, -0.1) is 0 Å². The lowest BCUT2D eigenvalue weighted by atomic mass is 10.00. The molecule has 2 aromatic heterocycles. The second-order valence-electron chi connectivity index (χ2n) is 5.59. The molecule has 128 valence electrons. The fraction of sp³-hybridized carbons (Fsp3) is 0.158. The predicted molar refractivity (Wildman–Crippen MR) is 93.4 cm³/mol. The summed E-state index contributed by atoms with van der Waals surface area (Å²) < 4.78 is 15.2. The quantitative estimate of drug-likeness (QED) is 0.725. The summed E-state index contributed by atoms with van der Waals surface area (Å²) in [6, 6.07) is 13.0. The third kappa shape index (κ3) is 4.67. The van der Waals surface area contributed by atoms with Crippen molar-refractivity contribution in [1.82, 2.24) is 20.2 Å². The van der Waals surface area contributed by atoms with Crippen LogP contribution < -0.4 is 10.6 Å². The van der Waals surface area contributed by atoms with Crippen LogP contribution in [-0.2, 0) is 6.54 Å². The fourth-order valence-corrected chi connectivity index (χ4v) is 2.57. The van der Waals surface area contributed by atoms with Crippen molar-refractivity contribution in [2.24, 2.45) is 0 Å². The standard InChI is InChI=1S/C19H19FN4O/c20-17-5-3-15(4-6-17)18(16-7-9-21-10-8-16)23-19(25)22-11-14-24-12-1-2-13-24/h1-10,12-13,18H,11,14H2,(H2,22,23,25)/t18-/m0/s1. The molecule has 0 aliphatic rings. The van der Waals surface area contributed by atoms with E-state index in [1.165, 1.54) is 12.1 Å². The highest BCUT2D eigenvalue weighted by Crippen LogP contribution is 2.21. The van der Waals surface area contributed by atoms with Crippen molar-refractivity contribution in [3.05, 3.63) is 90.3 Å². The maximum atomic E-state index is 13.2. The third-order valence-corrected chi connectivity index (χ3v) is 3.84. The average Bonchev–Trinajstić information content (AvgIpc) is 3.15. The zero-order valence-corrected chi connectivity index (χ0v) is 13.6. The molecule has 1 atom stereocenters. The van der Waals surface area contributed by atoms with Crippen molar-refractivity contribution in [1.29, 1.82) is 0 Å². The van der Waals surface area contributed by atoms with Crippen LogP contribution in [-0.4, -0.2) is 22.1 Å². The SMILES string of the molecule is O=C(NCCn1cccc1)N[C@H](c1ccncc1)c1ccc(F)cc1. The van der Waals surface area contributed by atoms with E-state index in [1.807, 2.05) is 41.2 Å². The molecule has 0 unspecified atom stereocenters.